The fourth-order valence-electron chi connectivity index (χ4n) is 1.28. The Morgan fingerprint density at radius 1 is 1.41 bits per heavy atom. The van der Waals surface area contributed by atoms with Crippen molar-refractivity contribution in [2.75, 3.05) is 0 Å². The van der Waals surface area contributed by atoms with Crippen LogP contribution in [-0.4, -0.2) is 10.2 Å². The molecule has 0 aliphatic carbocycles. The van der Waals surface area contributed by atoms with E-state index < -0.39 is 10.6 Å². The van der Waals surface area contributed by atoms with Gasteiger partial charge in [0.15, 0.2) is 5.38 Å². The molecule has 1 atom stereocenters. The highest BCUT2D eigenvalue weighted by atomic mass is 79.9. The quantitative estimate of drug-likeness (QED) is 0.597. The van der Waals surface area contributed by atoms with Crippen LogP contribution in [0.25, 0.3) is 10.6 Å². The van der Waals surface area contributed by atoms with Crippen molar-refractivity contribution in [2.24, 2.45) is 0 Å². The second-order valence-electron chi connectivity index (χ2n) is 3.22. The molecule has 0 spiro atoms. The van der Waals surface area contributed by atoms with Crippen molar-refractivity contribution in [1.82, 2.24) is 4.98 Å². The first-order valence-electron chi connectivity index (χ1n) is 4.63. The fraction of sp³-hybridized carbons (Fsp3) is 0.0909. The first-order chi connectivity index (χ1) is 8.09. The number of halogens is 3. The Bertz CT molecular complexity index is 558. The van der Waals surface area contributed by atoms with E-state index in [9.17, 15) is 4.79 Å². The predicted molar refractivity (Wildman–Crippen MR) is 74.7 cm³/mol. The maximum Gasteiger partial charge on any atom is 0.245 e. The molecule has 1 heterocycles. The zero-order valence-corrected chi connectivity index (χ0v) is 12.3. The van der Waals surface area contributed by atoms with Crippen LogP contribution in [0.4, 0.5) is 0 Å². The lowest BCUT2D eigenvalue weighted by Crippen LogP contribution is -1.98. The lowest BCUT2D eigenvalue weighted by molar-refractivity contribution is -0.111. The molecule has 0 saturated heterocycles. The number of benzene rings is 1. The molecule has 0 N–H and O–H groups in total. The average Bonchev–Trinajstić information content (AvgIpc) is 2.77. The first kappa shape index (κ1) is 13.0. The van der Waals surface area contributed by atoms with Crippen LogP contribution in [-0.2, 0) is 4.79 Å². The molecule has 2 aromatic rings. The van der Waals surface area contributed by atoms with Crippen molar-refractivity contribution in [2.45, 2.75) is 5.38 Å². The maximum atomic E-state index is 10.9. The Labute approximate surface area is 121 Å². The molecule has 0 fully saturated rings. The summed E-state index contributed by atoms with van der Waals surface area (Å²) in [6, 6.07) is 7.72. The third kappa shape index (κ3) is 2.88. The predicted octanol–water partition coefficient (Wildman–Crippen LogP) is 4.62. The fourth-order valence-corrected chi connectivity index (χ4v) is 3.06. The summed E-state index contributed by atoms with van der Waals surface area (Å²) in [6.07, 6.45) is 0. The first-order valence-corrected chi connectivity index (χ1v) is 7.12. The summed E-state index contributed by atoms with van der Waals surface area (Å²) >= 11 is 16.0. The van der Waals surface area contributed by atoms with Gasteiger partial charge in [0.1, 0.15) is 5.01 Å². The number of hydrogen-bond donors (Lipinski definition) is 0. The van der Waals surface area contributed by atoms with Crippen molar-refractivity contribution in [3.05, 3.63) is 39.8 Å². The lowest BCUT2D eigenvalue weighted by atomic mass is 10.2. The van der Waals surface area contributed by atoms with E-state index in [-0.39, 0.29) is 0 Å². The highest BCUT2D eigenvalue weighted by molar-refractivity contribution is 9.10. The van der Waals surface area contributed by atoms with E-state index in [1.807, 2.05) is 24.3 Å². The van der Waals surface area contributed by atoms with Gasteiger partial charge in [0.2, 0.25) is 5.24 Å². The van der Waals surface area contributed by atoms with Crippen molar-refractivity contribution in [3.8, 4) is 10.6 Å². The van der Waals surface area contributed by atoms with Gasteiger partial charge in [-0.15, -0.1) is 22.9 Å². The van der Waals surface area contributed by atoms with Crippen LogP contribution >= 0.6 is 50.5 Å². The monoisotopic (exact) mass is 349 g/mol. The minimum Gasteiger partial charge on any atom is -0.279 e. The molecular formula is C11H6BrCl2NOS. The van der Waals surface area contributed by atoms with Gasteiger partial charge in [-0.05, 0) is 17.7 Å². The molecule has 0 aliphatic rings. The molecule has 0 aliphatic heterocycles. The van der Waals surface area contributed by atoms with Crippen LogP contribution < -0.4 is 0 Å². The van der Waals surface area contributed by atoms with Gasteiger partial charge in [-0.3, -0.25) is 4.79 Å². The molecule has 1 unspecified atom stereocenters. The molecule has 1 aromatic heterocycles. The van der Waals surface area contributed by atoms with E-state index in [0.717, 1.165) is 15.0 Å². The number of carbonyl (C=O) groups is 1. The molecule has 0 saturated carbocycles. The van der Waals surface area contributed by atoms with Crippen LogP contribution in [0.5, 0.6) is 0 Å². The summed E-state index contributed by atoms with van der Waals surface area (Å²) in [4.78, 5) is 15.3. The van der Waals surface area contributed by atoms with Crippen LogP contribution in [0.1, 0.15) is 11.1 Å². The maximum absolute atomic E-state index is 10.9. The number of carbonyl (C=O) groups excluding carboxylic acids is 1. The number of rotatable bonds is 3. The number of hydrogen-bond acceptors (Lipinski definition) is 3. The Hall–Kier alpha value is -0.420. The summed E-state index contributed by atoms with van der Waals surface area (Å²) < 4.78 is 0.948. The molecular weight excluding hydrogens is 345 g/mol. The molecule has 2 rings (SSSR count). The minimum absolute atomic E-state index is 0.488. The number of thiazole rings is 1. The van der Waals surface area contributed by atoms with Crippen LogP contribution in [0, 0.1) is 0 Å². The lowest BCUT2D eigenvalue weighted by Gasteiger charge is -2.00. The van der Waals surface area contributed by atoms with E-state index in [2.05, 4.69) is 20.9 Å². The summed E-state index contributed by atoms with van der Waals surface area (Å²) in [6.45, 7) is 0. The molecule has 6 heteroatoms. The van der Waals surface area contributed by atoms with E-state index >= 15 is 0 Å². The van der Waals surface area contributed by atoms with E-state index in [1.165, 1.54) is 11.3 Å². The number of alkyl halides is 1. The van der Waals surface area contributed by atoms with Crippen LogP contribution in [0.15, 0.2) is 34.1 Å². The second kappa shape index (κ2) is 5.48. The highest BCUT2D eigenvalue weighted by Crippen LogP contribution is 2.33. The van der Waals surface area contributed by atoms with Gasteiger partial charge in [0.25, 0.3) is 0 Å². The molecule has 17 heavy (non-hydrogen) atoms. The van der Waals surface area contributed by atoms with E-state index in [1.54, 1.807) is 5.38 Å². The SMILES string of the molecule is O=C(Cl)C(Cl)c1csc(-c2ccccc2Br)n1. The zero-order chi connectivity index (χ0) is 12.4. The number of nitrogens with zero attached hydrogens (tertiary/aromatic N) is 1. The zero-order valence-electron chi connectivity index (χ0n) is 8.36. The van der Waals surface area contributed by atoms with Crippen LogP contribution in [0.3, 0.4) is 0 Å². The summed E-state index contributed by atoms with van der Waals surface area (Å²) in [5.41, 5.74) is 1.46. The van der Waals surface area contributed by atoms with Crippen molar-refractivity contribution < 1.29 is 4.79 Å². The molecule has 2 nitrogen and oxygen atoms in total. The van der Waals surface area contributed by atoms with Crippen molar-refractivity contribution in [3.63, 3.8) is 0 Å². The molecule has 0 radical (unpaired) electrons. The normalized spacial score (nSPS) is 12.4. The largest absolute Gasteiger partial charge is 0.279 e. The topological polar surface area (TPSA) is 30.0 Å². The highest BCUT2D eigenvalue weighted by Gasteiger charge is 2.19. The molecule has 88 valence electrons. The summed E-state index contributed by atoms with van der Waals surface area (Å²) in [7, 11) is 0. The van der Waals surface area contributed by atoms with Crippen molar-refractivity contribution >= 4 is 55.7 Å². The third-order valence-corrected chi connectivity index (χ3v) is 4.42. The summed E-state index contributed by atoms with van der Waals surface area (Å²) in [5, 5.41) is 1.04. The van der Waals surface area contributed by atoms with Gasteiger partial charge in [-0.25, -0.2) is 4.98 Å². The molecule has 0 amide bonds. The van der Waals surface area contributed by atoms with Gasteiger partial charge in [0.05, 0.1) is 5.69 Å². The smallest absolute Gasteiger partial charge is 0.245 e. The van der Waals surface area contributed by atoms with Gasteiger partial charge in [-0.2, -0.15) is 0 Å². The third-order valence-electron chi connectivity index (χ3n) is 2.09. The Kier molecular flexibility index (Phi) is 4.20. The van der Waals surface area contributed by atoms with Crippen LogP contribution in [0.2, 0.25) is 0 Å². The molecule has 1 aromatic carbocycles. The van der Waals surface area contributed by atoms with Gasteiger partial charge < -0.3 is 0 Å². The van der Waals surface area contributed by atoms with Gasteiger partial charge in [0, 0.05) is 15.4 Å². The van der Waals surface area contributed by atoms with E-state index in [0.29, 0.717) is 5.69 Å². The summed E-state index contributed by atoms with van der Waals surface area (Å²) in [5.74, 6) is 0. The standard InChI is InChI=1S/C11H6BrCl2NOS/c12-7-4-2-1-3-6(7)11-15-8(5-17-11)9(13)10(14)16/h1-5,9H. The van der Waals surface area contributed by atoms with E-state index in [4.69, 9.17) is 23.2 Å². The Balaban J connectivity index is 2.37. The molecule has 0 bridgehead atoms. The number of aromatic nitrogens is 1. The van der Waals surface area contributed by atoms with Gasteiger partial charge in [-0.1, -0.05) is 34.1 Å². The second-order valence-corrected chi connectivity index (χ2v) is 5.75. The van der Waals surface area contributed by atoms with Gasteiger partial charge >= 0.3 is 0 Å². The van der Waals surface area contributed by atoms with Crippen molar-refractivity contribution in [1.29, 1.82) is 0 Å². The average molecular weight is 351 g/mol. The Morgan fingerprint density at radius 3 is 2.76 bits per heavy atom. The Morgan fingerprint density at radius 2 is 2.12 bits per heavy atom. The minimum atomic E-state index is -0.885.